The van der Waals surface area contributed by atoms with Gasteiger partial charge < -0.3 is 14.3 Å². The largest absolute Gasteiger partial charge is 0.475 e. The van der Waals surface area contributed by atoms with Gasteiger partial charge in [0.25, 0.3) is 0 Å². The van der Waals surface area contributed by atoms with E-state index < -0.39 is 5.97 Å². The third-order valence-corrected chi connectivity index (χ3v) is 2.38. The molecule has 1 aromatic heterocycles. The topological polar surface area (TPSA) is 59.7 Å². The Kier molecular flexibility index (Phi) is 5.05. The monoisotopic (exact) mass is 226 g/mol. The van der Waals surface area contributed by atoms with E-state index in [0.717, 1.165) is 24.8 Å². The molecule has 1 heterocycles. The van der Waals surface area contributed by atoms with Crippen LogP contribution in [0.3, 0.4) is 0 Å². The summed E-state index contributed by atoms with van der Waals surface area (Å²) >= 11 is 0. The van der Waals surface area contributed by atoms with Crippen molar-refractivity contribution in [3.63, 3.8) is 0 Å². The molecular weight excluding hydrogens is 208 g/mol. The van der Waals surface area contributed by atoms with E-state index in [4.69, 9.17) is 14.3 Å². The van der Waals surface area contributed by atoms with Gasteiger partial charge in [-0.2, -0.15) is 0 Å². The first-order valence-electron chi connectivity index (χ1n) is 5.55. The maximum Gasteiger partial charge on any atom is 0.371 e. The molecule has 0 atom stereocenters. The van der Waals surface area contributed by atoms with Crippen molar-refractivity contribution in [3.8, 4) is 0 Å². The Labute approximate surface area is 95.2 Å². The first-order chi connectivity index (χ1) is 7.65. The van der Waals surface area contributed by atoms with E-state index in [1.165, 1.54) is 6.07 Å². The Hall–Kier alpha value is -1.29. The quantitative estimate of drug-likeness (QED) is 0.726. The third-order valence-electron chi connectivity index (χ3n) is 2.38. The molecule has 0 saturated carbocycles. The van der Waals surface area contributed by atoms with Crippen LogP contribution in [-0.2, 0) is 11.3 Å². The minimum absolute atomic E-state index is 0.0235. The van der Waals surface area contributed by atoms with Crippen LogP contribution in [0.1, 0.15) is 48.1 Å². The van der Waals surface area contributed by atoms with Gasteiger partial charge in [0.15, 0.2) is 0 Å². The van der Waals surface area contributed by atoms with Crippen LogP contribution in [0.25, 0.3) is 0 Å². The van der Waals surface area contributed by atoms with Crippen LogP contribution in [-0.4, -0.2) is 17.7 Å². The number of ether oxygens (including phenoxy) is 1. The second kappa shape index (κ2) is 6.33. The van der Waals surface area contributed by atoms with Crippen LogP contribution in [0.15, 0.2) is 10.5 Å². The van der Waals surface area contributed by atoms with Gasteiger partial charge in [0.05, 0.1) is 6.61 Å². The number of furan rings is 1. The Morgan fingerprint density at radius 2 is 2.25 bits per heavy atom. The first kappa shape index (κ1) is 12.8. The normalized spacial score (nSPS) is 10.6. The lowest BCUT2D eigenvalue weighted by Crippen LogP contribution is -1.96. The summed E-state index contributed by atoms with van der Waals surface area (Å²) in [7, 11) is 0. The Morgan fingerprint density at radius 1 is 1.50 bits per heavy atom. The maximum absolute atomic E-state index is 10.6. The molecule has 0 unspecified atom stereocenters. The molecule has 4 heteroatoms. The van der Waals surface area contributed by atoms with Crippen molar-refractivity contribution < 1.29 is 19.1 Å². The Balaban J connectivity index is 2.39. The van der Waals surface area contributed by atoms with Gasteiger partial charge in [-0.25, -0.2) is 4.79 Å². The number of unbranched alkanes of at least 4 members (excludes halogenated alkanes) is 2. The summed E-state index contributed by atoms with van der Waals surface area (Å²) in [5, 5.41) is 8.73. The lowest BCUT2D eigenvalue weighted by Gasteiger charge is -2.01. The highest BCUT2D eigenvalue weighted by Crippen LogP contribution is 2.15. The fraction of sp³-hybridized carbons (Fsp3) is 0.583. The molecule has 0 amide bonds. The maximum atomic E-state index is 10.6. The van der Waals surface area contributed by atoms with Crippen LogP contribution < -0.4 is 0 Å². The number of hydrogen-bond acceptors (Lipinski definition) is 3. The number of carboxylic acid groups (broad SMARTS) is 1. The number of hydrogen-bond donors (Lipinski definition) is 1. The first-order valence-corrected chi connectivity index (χ1v) is 5.55. The minimum atomic E-state index is -1.04. The molecule has 0 fully saturated rings. The van der Waals surface area contributed by atoms with Gasteiger partial charge in [-0.3, -0.25) is 0 Å². The third kappa shape index (κ3) is 3.70. The van der Waals surface area contributed by atoms with Crippen LogP contribution in [0.4, 0.5) is 0 Å². The van der Waals surface area contributed by atoms with E-state index in [2.05, 4.69) is 6.92 Å². The molecular formula is C12H18O4. The fourth-order valence-electron chi connectivity index (χ4n) is 1.40. The smallest absolute Gasteiger partial charge is 0.371 e. The molecule has 0 bridgehead atoms. The average molecular weight is 226 g/mol. The Morgan fingerprint density at radius 3 is 2.81 bits per heavy atom. The lowest BCUT2D eigenvalue weighted by molar-refractivity contribution is 0.0661. The molecule has 0 saturated heterocycles. The molecule has 4 nitrogen and oxygen atoms in total. The molecule has 1 N–H and O–H groups in total. The number of aromatic carboxylic acids is 1. The molecule has 0 spiro atoms. The molecule has 1 rings (SSSR count). The van der Waals surface area contributed by atoms with Gasteiger partial charge in [0.1, 0.15) is 5.76 Å². The van der Waals surface area contributed by atoms with E-state index in [-0.39, 0.29) is 5.76 Å². The highest BCUT2D eigenvalue weighted by Gasteiger charge is 2.12. The standard InChI is InChI=1S/C12H18O4/c1-3-4-5-6-15-8-10-7-11(12(13)14)16-9(10)2/h7H,3-6,8H2,1-2H3,(H,13,14). The van der Waals surface area contributed by atoms with E-state index in [9.17, 15) is 4.79 Å². The zero-order valence-corrected chi connectivity index (χ0v) is 9.78. The van der Waals surface area contributed by atoms with Gasteiger partial charge in [-0.1, -0.05) is 19.8 Å². The number of carbonyl (C=O) groups is 1. The van der Waals surface area contributed by atoms with Gasteiger partial charge >= 0.3 is 5.97 Å². The highest BCUT2D eigenvalue weighted by molar-refractivity contribution is 5.84. The summed E-state index contributed by atoms with van der Waals surface area (Å²) in [6.07, 6.45) is 3.36. The molecule has 0 aromatic carbocycles. The van der Waals surface area contributed by atoms with Crippen molar-refractivity contribution in [3.05, 3.63) is 23.2 Å². The van der Waals surface area contributed by atoms with Crippen molar-refractivity contribution >= 4 is 5.97 Å². The molecule has 90 valence electrons. The second-order valence-electron chi connectivity index (χ2n) is 3.76. The van der Waals surface area contributed by atoms with Crippen molar-refractivity contribution in [1.82, 2.24) is 0 Å². The lowest BCUT2D eigenvalue weighted by atomic mass is 10.2. The van der Waals surface area contributed by atoms with Crippen LogP contribution in [0.2, 0.25) is 0 Å². The highest BCUT2D eigenvalue weighted by atomic mass is 16.5. The summed E-state index contributed by atoms with van der Waals surface area (Å²) in [5.74, 6) is -0.446. The van der Waals surface area contributed by atoms with Gasteiger partial charge in [-0.05, 0) is 19.4 Å². The zero-order valence-electron chi connectivity index (χ0n) is 9.78. The van der Waals surface area contributed by atoms with Crippen LogP contribution >= 0.6 is 0 Å². The average Bonchev–Trinajstić information content (AvgIpc) is 2.60. The summed E-state index contributed by atoms with van der Waals surface area (Å²) in [6, 6.07) is 1.53. The summed E-state index contributed by atoms with van der Waals surface area (Å²) in [5.41, 5.74) is 0.814. The summed E-state index contributed by atoms with van der Waals surface area (Å²) in [6.45, 7) is 5.02. The second-order valence-corrected chi connectivity index (χ2v) is 3.76. The van der Waals surface area contributed by atoms with Crippen molar-refractivity contribution in [2.24, 2.45) is 0 Å². The van der Waals surface area contributed by atoms with Crippen molar-refractivity contribution in [2.45, 2.75) is 39.7 Å². The molecule has 0 aliphatic carbocycles. The summed E-state index contributed by atoms with van der Waals surface area (Å²) in [4.78, 5) is 10.6. The number of aryl methyl sites for hydroxylation is 1. The number of carboxylic acids is 1. The van der Waals surface area contributed by atoms with E-state index in [1.807, 2.05) is 0 Å². The van der Waals surface area contributed by atoms with Crippen LogP contribution in [0.5, 0.6) is 0 Å². The zero-order chi connectivity index (χ0) is 12.0. The SMILES string of the molecule is CCCCCOCc1cc(C(=O)O)oc1C. The molecule has 16 heavy (non-hydrogen) atoms. The predicted molar refractivity (Wildman–Crippen MR) is 59.6 cm³/mol. The van der Waals surface area contributed by atoms with Gasteiger partial charge in [0, 0.05) is 12.2 Å². The van der Waals surface area contributed by atoms with Crippen molar-refractivity contribution in [2.75, 3.05) is 6.61 Å². The van der Waals surface area contributed by atoms with Crippen LogP contribution in [0, 0.1) is 6.92 Å². The van der Waals surface area contributed by atoms with Gasteiger partial charge in [-0.15, -0.1) is 0 Å². The summed E-state index contributed by atoms with van der Waals surface area (Å²) < 4.78 is 10.5. The molecule has 0 aliphatic rings. The van der Waals surface area contributed by atoms with E-state index in [0.29, 0.717) is 19.0 Å². The molecule has 0 aliphatic heterocycles. The number of rotatable bonds is 7. The minimum Gasteiger partial charge on any atom is -0.475 e. The fourth-order valence-corrected chi connectivity index (χ4v) is 1.40. The van der Waals surface area contributed by atoms with Crippen molar-refractivity contribution in [1.29, 1.82) is 0 Å². The molecule has 1 aromatic rings. The molecule has 0 radical (unpaired) electrons. The Bertz CT molecular complexity index is 341. The van der Waals surface area contributed by atoms with E-state index >= 15 is 0 Å². The predicted octanol–water partition coefficient (Wildman–Crippen LogP) is 2.99. The van der Waals surface area contributed by atoms with Gasteiger partial charge in [0.2, 0.25) is 5.76 Å². The van der Waals surface area contributed by atoms with E-state index in [1.54, 1.807) is 6.92 Å².